The number of carbonyl (C=O) groups excluding carboxylic acids is 1. The Labute approximate surface area is 203 Å². The summed E-state index contributed by atoms with van der Waals surface area (Å²) in [5.41, 5.74) is 3.02. The van der Waals surface area contributed by atoms with Crippen LogP contribution >= 0.6 is 11.6 Å². The number of hydrogen-bond donors (Lipinski definition) is 0. The average molecular weight is 474 g/mol. The fourth-order valence-corrected chi connectivity index (χ4v) is 3.83. The Morgan fingerprint density at radius 2 is 1.70 bits per heavy atom. The van der Waals surface area contributed by atoms with E-state index in [0.29, 0.717) is 19.7 Å². The van der Waals surface area contributed by atoms with E-state index in [4.69, 9.17) is 21.1 Å². The fraction of sp³-hybridized carbons (Fsp3) is 0.500. The molecule has 2 aromatic rings. The molecule has 6 nitrogen and oxygen atoms in total. The third kappa shape index (κ3) is 7.91. The summed E-state index contributed by atoms with van der Waals surface area (Å²) in [4.78, 5) is 18.7. The molecule has 1 amide bonds. The molecule has 1 fully saturated rings. The van der Waals surface area contributed by atoms with Crippen molar-refractivity contribution in [3.8, 4) is 16.9 Å². The minimum absolute atomic E-state index is 0.236. The predicted molar refractivity (Wildman–Crippen MR) is 134 cm³/mol. The van der Waals surface area contributed by atoms with Gasteiger partial charge in [0.25, 0.3) is 0 Å². The molecule has 1 saturated heterocycles. The monoisotopic (exact) mass is 473 g/mol. The number of likely N-dealkylation sites (N-methyl/N-ethyl adjacent to an activating group) is 1. The van der Waals surface area contributed by atoms with E-state index in [1.54, 1.807) is 4.90 Å². The summed E-state index contributed by atoms with van der Waals surface area (Å²) in [6.45, 7) is 10.9. The first-order valence-corrected chi connectivity index (χ1v) is 11.9. The van der Waals surface area contributed by atoms with Crippen molar-refractivity contribution >= 4 is 17.7 Å². The molecule has 0 unspecified atom stereocenters. The van der Waals surface area contributed by atoms with Crippen LogP contribution in [0.4, 0.5) is 4.79 Å². The summed E-state index contributed by atoms with van der Waals surface area (Å²) in [7, 11) is 4.07. The number of ether oxygens (including phenoxy) is 2. The molecule has 0 bridgehead atoms. The lowest BCUT2D eigenvalue weighted by atomic mass is 9.98. The fourth-order valence-electron chi connectivity index (χ4n) is 3.70. The smallest absolute Gasteiger partial charge is 0.410 e. The maximum absolute atomic E-state index is 12.4. The van der Waals surface area contributed by atoms with Crippen molar-refractivity contribution in [2.75, 3.05) is 53.4 Å². The van der Waals surface area contributed by atoms with Gasteiger partial charge in [-0.3, -0.25) is 4.90 Å². The first kappa shape index (κ1) is 25.3. The third-order valence-corrected chi connectivity index (χ3v) is 5.71. The van der Waals surface area contributed by atoms with Gasteiger partial charge in [-0.2, -0.15) is 0 Å². The molecule has 0 saturated carbocycles. The van der Waals surface area contributed by atoms with Gasteiger partial charge in [0.15, 0.2) is 0 Å². The van der Waals surface area contributed by atoms with Gasteiger partial charge in [-0.25, -0.2) is 4.79 Å². The molecule has 0 aliphatic carbocycles. The molecular weight excluding hydrogens is 438 g/mol. The Kier molecular flexibility index (Phi) is 8.63. The van der Waals surface area contributed by atoms with Crippen LogP contribution in [0, 0.1) is 0 Å². The normalized spacial score (nSPS) is 15.1. The van der Waals surface area contributed by atoms with Gasteiger partial charge in [0, 0.05) is 44.3 Å². The minimum atomic E-state index is -0.477. The molecule has 0 aromatic heterocycles. The lowest BCUT2D eigenvalue weighted by Crippen LogP contribution is -2.49. The first-order chi connectivity index (χ1) is 15.6. The van der Waals surface area contributed by atoms with Crippen molar-refractivity contribution in [3.05, 3.63) is 53.1 Å². The van der Waals surface area contributed by atoms with Gasteiger partial charge in [0.1, 0.15) is 18.0 Å². The maximum atomic E-state index is 12.4. The summed E-state index contributed by atoms with van der Waals surface area (Å²) >= 11 is 6.11. The molecule has 1 aliphatic rings. The van der Waals surface area contributed by atoms with Crippen LogP contribution in [0.2, 0.25) is 5.02 Å². The number of hydrogen-bond acceptors (Lipinski definition) is 5. The highest BCUT2D eigenvalue weighted by Crippen LogP contribution is 2.30. The van der Waals surface area contributed by atoms with Crippen molar-refractivity contribution in [2.24, 2.45) is 0 Å². The van der Waals surface area contributed by atoms with Crippen molar-refractivity contribution in [2.45, 2.75) is 32.9 Å². The van der Waals surface area contributed by atoms with E-state index >= 15 is 0 Å². The molecule has 0 N–H and O–H groups in total. The zero-order valence-electron chi connectivity index (χ0n) is 20.4. The van der Waals surface area contributed by atoms with E-state index in [-0.39, 0.29) is 6.09 Å². The molecule has 0 spiro atoms. The number of carbonyl (C=O) groups is 1. The second kappa shape index (κ2) is 11.2. The van der Waals surface area contributed by atoms with Crippen LogP contribution in [0.25, 0.3) is 11.1 Å². The Bertz CT molecular complexity index is 917. The van der Waals surface area contributed by atoms with Gasteiger partial charge in [0.2, 0.25) is 0 Å². The van der Waals surface area contributed by atoms with E-state index in [1.807, 2.05) is 65.2 Å². The average Bonchev–Trinajstić information content (AvgIpc) is 2.74. The second-order valence-electron chi connectivity index (χ2n) is 9.72. The maximum Gasteiger partial charge on any atom is 0.410 e. The highest BCUT2D eigenvalue weighted by atomic mass is 35.5. The van der Waals surface area contributed by atoms with Gasteiger partial charge >= 0.3 is 6.09 Å². The van der Waals surface area contributed by atoms with E-state index in [9.17, 15) is 4.79 Å². The van der Waals surface area contributed by atoms with Crippen LogP contribution in [-0.4, -0.2) is 79.8 Å². The van der Waals surface area contributed by atoms with Gasteiger partial charge in [0.05, 0.1) is 0 Å². The van der Waals surface area contributed by atoms with Crippen LogP contribution < -0.4 is 4.74 Å². The van der Waals surface area contributed by atoms with Crippen LogP contribution in [0.15, 0.2) is 42.5 Å². The number of amides is 1. The van der Waals surface area contributed by atoms with Crippen LogP contribution in [0.3, 0.4) is 0 Å². The van der Waals surface area contributed by atoms with Gasteiger partial charge in [-0.1, -0.05) is 29.8 Å². The molecule has 1 heterocycles. The molecule has 0 radical (unpaired) electrons. The van der Waals surface area contributed by atoms with Crippen molar-refractivity contribution in [1.82, 2.24) is 14.7 Å². The largest absolute Gasteiger partial charge is 0.492 e. The molecular formula is C26H36ClN3O3. The third-order valence-electron chi connectivity index (χ3n) is 5.46. The predicted octanol–water partition coefficient (Wildman–Crippen LogP) is 5.00. The van der Waals surface area contributed by atoms with Gasteiger partial charge in [-0.15, -0.1) is 0 Å². The van der Waals surface area contributed by atoms with Crippen molar-refractivity contribution in [3.63, 3.8) is 0 Å². The molecule has 33 heavy (non-hydrogen) atoms. The number of halogens is 1. The molecule has 0 atom stereocenters. The topological polar surface area (TPSA) is 45.2 Å². The standard InChI is InChI=1S/C26H36ClN3O3/c1-26(2,3)33-25(31)30-14-12-29(13-15-30)19-21-18-23(32-17-16-28(4)5)10-11-24(21)20-6-8-22(27)9-7-20/h6-11,18H,12-17,19H2,1-5H3. The zero-order valence-corrected chi connectivity index (χ0v) is 21.2. The Hall–Kier alpha value is -2.28. The molecule has 7 heteroatoms. The minimum Gasteiger partial charge on any atom is -0.492 e. The SMILES string of the molecule is CN(C)CCOc1ccc(-c2ccc(Cl)cc2)c(CN2CCN(C(=O)OC(C)(C)C)CC2)c1. The summed E-state index contributed by atoms with van der Waals surface area (Å²) in [6.07, 6.45) is -0.236. The highest BCUT2D eigenvalue weighted by Gasteiger charge is 2.26. The summed E-state index contributed by atoms with van der Waals surface area (Å²) in [6, 6.07) is 14.2. The number of nitrogens with zero attached hydrogens (tertiary/aromatic N) is 3. The molecule has 180 valence electrons. The van der Waals surface area contributed by atoms with Crippen LogP contribution in [-0.2, 0) is 11.3 Å². The van der Waals surface area contributed by atoms with E-state index in [1.165, 1.54) is 11.1 Å². The lowest BCUT2D eigenvalue weighted by molar-refractivity contribution is 0.0139. The summed E-state index contributed by atoms with van der Waals surface area (Å²) in [5, 5.41) is 0.724. The van der Waals surface area contributed by atoms with Crippen molar-refractivity contribution < 1.29 is 14.3 Å². The first-order valence-electron chi connectivity index (χ1n) is 11.5. The van der Waals surface area contributed by atoms with E-state index in [2.05, 4.69) is 21.9 Å². The summed E-state index contributed by atoms with van der Waals surface area (Å²) < 4.78 is 11.5. The van der Waals surface area contributed by atoms with Gasteiger partial charge in [-0.05, 0) is 75.8 Å². The van der Waals surface area contributed by atoms with Crippen LogP contribution in [0.5, 0.6) is 5.75 Å². The van der Waals surface area contributed by atoms with E-state index < -0.39 is 5.60 Å². The highest BCUT2D eigenvalue weighted by molar-refractivity contribution is 6.30. The number of benzene rings is 2. The number of rotatable bonds is 7. The van der Waals surface area contributed by atoms with E-state index in [0.717, 1.165) is 42.5 Å². The Balaban J connectivity index is 1.71. The second-order valence-corrected chi connectivity index (χ2v) is 10.2. The zero-order chi connectivity index (χ0) is 24.0. The lowest BCUT2D eigenvalue weighted by Gasteiger charge is -2.36. The quantitative estimate of drug-likeness (QED) is 0.566. The molecule has 1 aliphatic heterocycles. The Morgan fingerprint density at radius 3 is 2.30 bits per heavy atom. The number of piperazine rings is 1. The summed E-state index contributed by atoms with van der Waals surface area (Å²) in [5.74, 6) is 0.872. The van der Waals surface area contributed by atoms with Gasteiger partial charge < -0.3 is 19.3 Å². The molecule has 3 rings (SSSR count). The Morgan fingerprint density at radius 1 is 1.03 bits per heavy atom. The van der Waals surface area contributed by atoms with Crippen molar-refractivity contribution in [1.29, 1.82) is 0 Å². The van der Waals surface area contributed by atoms with Crippen LogP contribution in [0.1, 0.15) is 26.3 Å². The molecule has 2 aromatic carbocycles.